The lowest BCUT2D eigenvalue weighted by Gasteiger charge is -2.24. The molecule has 0 fully saturated rings. The Labute approximate surface area is 206 Å². The molecule has 0 spiro atoms. The second kappa shape index (κ2) is 11.1. The Morgan fingerprint density at radius 1 is 0.886 bits per heavy atom. The summed E-state index contributed by atoms with van der Waals surface area (Å²) in [6, 6.07) is 25.7. The standard InChI is InChI=1S/C25H21ClN6O3/c26-21-14-8-7-13-20(21)25(33)30-29-23-22(32(34)35)24(28-17-27-23)31(15-18-9-3-1-4-10-18)16-19-11-5-2-6-12-19/h1-14,17H,15-16H2,(H,30,33)(H,27,28,29). The maximum Gasteiger partial charge on any atom is 0.355 e. The molecular weight excluding hydrogens is 468 g/mol. The van der Waals surface area contributed by atoms with E-state index in [9.17, 15) is 14.9 Å². The van der Waals surface area contributed by atoms with Crippen molar-refractivity contribution in [2.45, 2.75) is 13.1 Å². The lowest BCUT2D eigenvalue weighted by atomic mass is 10.1. The number of aromatic nitrogens is 2. The van der Waals surface area contributed by atoms with Crippen molar-refractivity contribution in [1.82, 2.24) is 15.4 Å². The monoisotopic (exact) mass is 488 g/mol. The number of nitrogens with zero attached hydrogens (tertiary/aromatic N) is 4. The normalized spacial score (nSPS) is 10.4. The van der Waals surface area contributed by atoms with Gasteiger partial charge in [-0.3, -0.25) is 25.8 Å². The molecule has 1 amide bonds. The molecule has 0 atom stereocenters. The van der Waals surface area contributed by atoms with E-state index in [-0.39, 0.29) is 27.9 Å². The second-order valence-corrected chi connectivity index (χ2v) is 7.95. The van der Waals surface area contributed by atoms with Gasteiger partial charge in [0.1, 0.15) is 6.33 Å². The minimum absolute atomic E-state index is 0.118. The number of anilines is 2. The van der Waals surface area contributed by atoms with Crippen LogP contribution in [-0.4, -0.2) is 20.8 Å². The van der Waals surface area contributed by atoms with Crippen molar-refractivity contribution >= 4 is 34.8 Å². The van der Waals surface area contributed by atoms with Gasteiger partial charge in [0.2, 0.25) is 11.6 Å². The zero-order valence-corrected chi connectivity index (χ0v) is 19.2. The molecule has 0 saturated heterocycles. The van der Waals surface area contributed by atoms with E-state index in [2.05, 4.69) is 20.8 Å². The highest BCUT2D eigenvalue weighted by Gasteiger charge is 2.28. The summed E-state index contributed by atoms with van der Waals surface area (Å²) < 4.78 is 0. The summed E-state index contributed by atoms with van der Waals surface area (Å²) in [6.45, 7) is 0.748. The average molecular weight is 489 g/mol. The molecule has 0 aliphatic carbocycles. The first-order chi connectivity index (χ1) is 17.0. The molecule has 0 unspecified atom stereocenters. The molecule has 35 heavy (non-hydrogen) atoms. The first-order valence-corrected chi connectivity index (χ1v) is 11.0. The van der Waals surface area contributed by atoms with Crippen LogP contribution in [0.4, 0.5) is 17.3 Å². The van der Waals surface area contributed by atoms with Crippen LogP contribution in [0, 0.1) is 10.1 Å². The van der Waals surface area contributed by atoms with Gasteiger partial charge in [-0.1, -0.05) is 84.4 Å². The lowest BCUT2D eigenvalue weighted by Crippen LogP contribution is -2.31. The third-order valence-electron chi connectivity index (χ3n) is 5.13. The third kappa shape index (κ3) is 5.90. The molecule has 4 rings (SSSR count). The predicted octanol–water partition coefficient (Wildman–Crippen LogP) is 5.00. The molecule has 0 aliphatic heterocycles. The number of hydrogen-bond donors (Lipinski definition) is 2. The maximum atomic E-state index is 12.5. The molecule has 2 N–H and O–H groups in total. The molecule has 1 aromatic heterocycles. The summed E-state index contributed by atoms with van der Waals surface area (Å²) in [7, 11) is 0. The van der Waals surface area contributed by atoms with Gasteiger partial charge in [0.25, 0.3) is 5.91 Å². The summed E-state index contributed by atoms with van der Waals surface area (Å²) in [5.41, 5.74) is 6.76. The average Bonchev–Trinajstić information content (AvgIpc) is 2.88. The number of benzene rings is 3. The highest BCUT2D eigenvalue weighted by molar-refractivity contribution is 6.33. The molecule has 9 nitrogen and oxygen atoms in total. The number of hydrazine groups is 1. The quantitative estimate of drug-likeness (QED) is 0.251. The number of carbonyl (C=O) groups excluding carboxylic acids is 1. The Morgan fingerprint density at radius 2 is 1.46 bits per heavy atom. The van der Waals surface area contributed by atoms with Gasteiger partial charge in [-0.25, -0.2) is 9.97 Å². The largest absolute Gasteiger partial charge is 0.355 e. The van der Waals surface area contributed by atoms with Crippen LogP contribution in [0.2, 0.25) is 5.02 Å². The molecule has 1 heterocycles. The van der Waals surface area contributed by atoms with Crippen LogP contribution in [0.5, 0.6) is 0 Å². The molecule has 3 aromatic carbocycles. The smallest absolute Gasteiger partial charge is 0.342 e. The van der Waals surface area contributed by atoms with Crippen LogP contribution in [0.25, 0.3) is 0 Å². The number of nitrogens with one attached hydrogen (secondary N) is 2. The molecule has 0 saturated carbocycles. The van der Waals surface area contributed by atoms with Crippen LogP contribution in [-0.2, 0) is 13.1 Å². The first kappa shape index (κ1) is 23.7. The molecule has 4 aromatic rings. The fourth-order valence-electron chi connectivity index (χ4n) is 3.50. The Kier molecular flexibility index (Phi) is 7.49. The second-order valence-electron chi connectivity index (χ2n) is 7.54. The van der Waals surface area contributed by atoms with Gasteiger partial charge in [0, 0.05) is 13.1 Å². The summed E-state index contributed by atoms with van der Waals surface area (Å²) in [5.74, 6) is -0.589. The van der Waals surface area contributed by atoms with Crippen molar-refractivity contribution in [3.63, 3.8) is 0 Å². The van der Waals surface area contributed by atoms with E-state index >= 15 is 0 Å². The van der Waals surface area contributed by atoms with Gasteiger partial charge in [0.05, 0.1) is 15.5 Å². The number of carbonyl (C=O) groups is 1. The zero-order valence-electron chi connectivity index (χ0n) is 18.5. The fourth-order valence-corrected chi connectivity index (χ4v) is 3.72. The van der Waals surface area contributed by atoms with Gasteiger partial charge in [-0.05, 0) is 23.3 Å². The van der Waals surface area contributed by atoms with Crippen LogP contribution in [0.3, 0.4) is 0 Å². The minimum atomic E-state index is -0.567. The van der Waals surface area contributed by atoms with Gasteiger partial charge in [-0.15, -0.1) is 0 Å². The van der Waals surface area contributed by atoms with Gasteiger partial charge < -0.3 is 4.90 Å². The van der Waals surface area contributed by atoms with E-state index in [0.29, 0.717) is 13.1 Å². The summed E-state index contributed by atoms with van der Waals surface area (Å²) in [4.78, 5) is 34.2. The van der Waals surface area contributed by atoms with Gasteiger partial charge >= 0.3 is 5.69 Å². The number of nitro groups is 1. The van der Waals surface area contributed by atoms with E-state index in [1.165, 1.54) is 6.33 Å². The summed E-state index contributed by atoms with van der Waals surface area (Å²) in [5, 5.41) is 12.4. The van der Waals surface area contributed by atoms with Crippen molar-refractivity contribution in [3.05, 3.63) is 123 Å². The number of rotatable bonds is 9. The molecule has 0 radical (unpaired) electrons. The molecule has 10 heteroatoms. The van der Waals surface area contributed by atoms with Crippen molar-refractivity contribution in [2.75, 3.05) is 10.3 Å². The number of hydrogen-bond acceptors (Lipinski definition) is 7. The van der Waals surface area contributed by atoms with E-state index in [4.69, 9.17) is 11.6 Å². The summed E-state index contributed by atoms with van der Waals surface area (Å²) >= 11 is 6.07. The molecular formula is C25H21ClN6O3. The zero-order chi connectivity index (χ0) is 24.6. The van der Waals surface area contributed by atoms with Crippen molar-refractivity contribution in [1.29, 1.82) is 0 Å². The number of halogens is 1. The van der Waals surface area contributed by atoms with Gasteiger partial charge in [-0.2, -0.15) is 0 Å². The lowest BCUT2D eigenvalue weighted by molar-refractivity contribution is -0.383. The Hall–Kier alpha value is -4.50. The summed E-state index contributed by atoms with van der Waals surface area (Å²) in [6.07, 6.45) is 1.22. The minimum Gasteiger partial charge on any atom is -0.342 e. The topological polar surface area (TPSA) is 113 Å². The van der Waals surface area contributed by atoms with Crippen LogP contribution >= 0.6 is 11.6 Å². The SMILES string of the molecule is O=C(NNc1ncnc(N(Cc2ccccc2)Cc2ccccc2)c1[N+](=O)[O-])c1ccccc1Cl. The van der Waals surface area contributed by atoms with Crippen molar-refractivity contribution < 1.29 is 9.72 Å². The third-order valence-corrected chi connectivity index (χ3v) is 5.46. The van der Waals surface area contributed by atoms with Crippen LogP contribution in [0.1, 0.15) is 21.5 Å². The van der Waals surface area contributed by atoms with E-state index in [1.807, 2.05) is 60.7 Å². The Bertz CT molecular complexity index is 1280. The van der Waals surface area contributed by atoms with Gasteiger partial charge in [0.15, 0.2) is 0 Å². The fraction of sp³-hybridized carbons (Fsp3) is 0.0800. The highest BCUT2D eigenvalue weighted by Crippen LogP contribution is 2.33. The van der Waals surface area contributed by atoms with Crippen LogP contribution in [0.15, 0.2) is 91.3 Å². The molecule has 0 bridgehead atoms. The van der Waals surface area contributed by atoms with E-state index in [1.54, 1.807) is 29.2 Å². The Balaban J connectivity index is 1.66. The Morgan fingerprint density at radius 3 is 2.03 bits per heavy atom. The van der Waals surface area contributed by atoms with E-state index < -0.39 is 10.8 Å². The van der Waals surface area contributed by atoms with Crippen molar-refractivity contribution in [3.8, 4) is 0 Å². The predicted molar refractivity (Wildman–Crippen MR) is 134 cm³/mol. The maximum absolute atomic E-state index is 12.5. The van der Waals surface area contributed by atoms with Crippen LogP contribution < -0.4 is 15.8 Å². The molecule has 176 valence electrons. The molecule has 0 aliphatic rings. The van der Waals surface area contributed by atoms with Crippen molar-refractivity contribution in [2.24, 2.45) is 0 Å². The van der Waals surface area contributed by atoms with E-state index in [0.717, 1.165) is 11.1 Å². The highest BCUT2D eigenvalue weighted by atomic mass is 35.5. The first-order valence-electron chi connectivity index (χ1n) is 10.7. The number of amides is 1.